The van der Waals surface area contributed by atoms with Crippen molar-refractivity contribution in [1.29, 1.82) is 0 Å². The highest BCUT2D eigenvalue weighted by atomic mass is 16.5. The predicted octanol–water partition coefficient (Wildman–Crippen LogP) is 0.553. The van der Waals surface area contributed by atoms with Gasteiger partial charge < -0.3 is 25.2 Å². The van der Waals surface area contributed by atoms with Gasteiger partial charge in [0.2, 0.25) is 5.91 Å². The number of hydrogen-bond donors (Lipinski definition) is 2. The Morgan fingerprint density at radius 2 is 2.12 bits per heavy atom. The lowest BCUT2D eigenvalue weighted by molar-refractivity contribution is -0.120. The summed E-state index contributed by atoms with van der Waals surface area (Å²) in [6, 6.07) is 7.92. The fraction of sp³-hybridized carbons (Fsp3) is 0.529. The first kappa shape index (κ1) is 16.6. The number of carbonyl (C=O) groups excluding carboxylic acids is 2. The number of ether oxygens (including phenoxy) is 1. The van der Waals surface area contributed by atoms with Crippen molar-refractivity contribution in [2.45, 2.75) is 19.6 Å². The van der Waals surface area contributed by atoms with E-state index in [1.54, 1.807) is 4.90 Å². The van der Waals surface area contributed by atoms with Gasteiger partial charge in [0.25, 0.3) is 0 Å². The third-order valence-corrected chi connectivity index (χ3v) is 4.31. The summed E-state index contributed by atoms with van der Waals surface area (Å²) < 4.78 is 5.44. The molecule has 7 nitrogen and oxygen atoms in total. The largest absolute Gasteiger partial charge is 0.375 e. The average molecular weight is 332 g/mol. The van der Waals surface area contributed by atoms with Crippen LogP contribution in [0.25, 0.3) is 0 Å². The van der Waals surface area contributed by atoms with Gasteiger partial charge in [-0.2, -0.15) is 0 Å². The summed E-state index contributed by atoms with van der Waals surface area (Å²) in [6.45, 7) is 6.20. The number of anilines is 1. The molecule has 7 heteroatoms. The third-order valence-electron chi connectivity index (χ3n) is 4.31. The summed E-state index contributed by atoms with van der Waals surface area (Å²) in [6.07, 6.45) is 0.0885. The van der Waals surface area contributed by atoms with Crippen molar-refractivity contribution in [3.8, 4) is 0 Å². The Morgan fingerprint density at radius 3 is 2.83 bits per heavy atom. The third kappa shape index (κ3) is 4.17. The number of amides is 3. The number of rotatable bonds is 3. The van der Waals surface area contributed by atoms with Gasteiger partial charge in [-0.3, -0.25) is 4.79 Å². The van der Waals surface area contributed by atoms with E-state index in [9.17, 15) is 9.59 Å². The van der Waals surface area contributed by atoms with Gasteiger partial charge in [0.15, 0.2) is 0 Å². The highest BCUT2D eigenvalue weighted by Crippen LogP contribution is 2.16. The van der Waals surface area contributed by atoms with Crippen LogP contribution < -0.4 is 15.5 Å². The zero-order valence-corrected chi connectivity index (χ0v) is 14.0. The molecule has 0 aliphatic carbocycles. The molecule has 1 aromatic carbocycles. The van der Waals surface area contributed by atoms with Crippen LogP contribution in [-0.4, -0.2) is 62.3 Å². The highest BCUT2D eigenvalue weighted by molar-refractivity contribution is 5.82. The van der Waals surface area contributed by atoms with Crippen molar-refractivity contribution in [2.24, 2.45) is 0 Å². The first-order valence-electron chi connectivity index (χ1n) is 8.37. The molecule has 0 radical (unpaired) electrons. The van der Waals surface area contributed by atoms with Crippen molar-refractivity contribution in [3.63, 3.8) is 0 Å². The molecular weight excluding hydrogens is 308 g/mol. The lowest BCUT2D eigenvalue weighted by atomic mass is 10.2. The Morgan fingerprint density at radius 1 is 1.33 bits per heavy atom. The van der Waals surface area contributed by atoms with Gasteiger partial charge in [-0.05, 0) is 24.6 Å². The molecule has 2 fully saturated rings. The van der Waals surface area contributed by atoms with E-state index in [2.05, 4.69) is 15.5 Å². The number of benzene rings is 1. The molecule has 2 aliphatic heterocycles. The molecule has 24 heavy (non-hydrogen) atoms. The van der Waals surface area contributed by atoms with Crippen LogP contribution in [0.5, 0.6) is 0 Å². The standard InChI is InChI=1S/C17H24N4O3/c1-13-11-21(8-9-24-13)17(23)19-10-14-2-4-15(5-3-14)20-7-6-18-16(22)12-20/h2-5,13H,6-12H2,1H3,(H,18,22)(H,19,23)/t13-/m1/s1. The van der Waals surface area contributed by atoms with E-state index in [1.807, 2.05) is 31.2 Å². The summed E-state index contributed by atoms with van der Waals surface area (Å²) in [4.78, 5) is 27.5. The van der Waals surface area contributed by atoms with Crippen LogP contribution in [0, 0.1) is 0 Å². The summed E-state index contributed by atoms with van der Waals surface area (Å²) in [7, 11) is 0. The Balaban J connectivity index is 1.50. The van der Waals surface area contributed by atoms with Crippen LogP contribution in [0.4, 0.5) is 10.5 Å². The van der Waals surface area contributed by atoms with E-state index in [0.717, 1.165) is 17.8 Å². The quantitative estimate of drug-likeness (QED) is 0.848. The van der Waals surface area contributed by atoms with Crippen LogP contribution in [0.1, 0.15) is 12.5 Å². The van der Waals surface area contributed by atoms with Crippen LogP contribution in [0.3, 0.4) is 0 Å². The fourth-order valence-corrected chi connectivity index (χ4v) is 2.98. The van der Waals surface area contributed by atoms with Crippen molar-refractivity contribution < 1.29 is 14.3 Å². The van der Waals surface area contributed by atoms with Crippen molar-refractivity contribution in [1.82, 2.24) is 15.5 Å². The van der Waals surface area contributed by atoms with Crippen LogP contribution in [-0.2, 0) is 16.1 Å². The van der Waals surface area contributed by atoms with E-state index in [1.165, 1.54) is 0 Å². The molecule has 1 atom stereocenters. The second kappa shape index (κ2) is 7.53. The van der Waals surface area contributed by atoms with Crippen molar-refractivity contribution in [3.05, 3.63) is 29.8 Å². The van der Waals surface area contributed by atoms with Gasteiger partial charge in [0.05, 0.1) is 19.3 Å². The van der Waals surface area contributed by atoms with Gasteiger partial charge >= 0.3 is 6.03 Å². The number of morpholine rings is 1. The Labute approximate surface area is 141 Å². The number of piperazine rings is 1. The van der Waals surface area contributed by atoms with Gasteiger partial charge in [-0.1, -0.05) is 12.1 Å². The molecule has 1 aromatic rings. The maximum Gasteiger partial charge on any atom is 0.317 e. The van der Waals surface area contributed by atoms with Gasteiger partial charge in [0.1, 0.15) is 0 Å². The van der Waals surface area contributed by atoms with E-state index in [4.69, 9.17) is 4.74 Å². The lowest BCUT2D eigenvalue weighted by Crippen LogP contribution is -2.48. The molecule has 0 saturated carbocycles. The smallest absolute Gasteiger partial charge is 0.317 e. The van der Waals surface area contributed by atoms with E-state index >= 15 is 0 Å². The maximum atomic E-state index is 12.2. The fourth-order valence-electron chi connectivity index (χ4n) is 2.98. The predicted molar refractivity (Wildman–Crippen MR) is 90.9 cm³/mol. The van der Waals surface area contributed by atoms with Gasteiger partial charge in [0, 0.05) is 38.4 Å². The van der Waals surface area contributed by atoms with E-state index in [-0.39, 0.29) is 18.0 Å². The number of carbonyl (C=O) groups is 2. The SMILES string of the molecule is C[C@@H]1CN(C(=O)NCc2ccc(N3CCNC(=O)C3)cc2)CCO1. The van der Waals surface area contributed by atoms with Crippen molar-refractivity contribution >= 4 is 17.6 Å². The second-order valence-corrected chi connectivity index (χ2v) is 6.22. The van der Waals surface area contributed by atoms with E-state index in [0.29, 0.717) is 39.3 Å². The molecule has 0 spiro atoms. The molecule has 2 heterocycles. The van der Waals surface area contributed by atoms with Crippen LogP contribution >= 0.6 is 0 Å². The van der Waals surface area contributed by atoms with E-state index < -0.39 is 0 Å². The molecule has 3 amide bonds. The first-order valence-corrected chi connectivity index (χ1v) is 8.37. The molecule has 0 unspecified atom stereocenters. The molecule has 3 rings (SSSR count). The van der Waals surface area contributed by atoms with Crippen LogP contribution in [0.15, 0.2) is 24.3 Å². The molecule has 2 N–H and O–H groups in total. The molecule has 130 valence electrons. The van der Waals surface area contributed by atoms with Crippen LogP contribution in [0.2, 0.25) is 0 Å². The van der Waals surface area contributed by atoms with Gasteiger partial charge in [-0.15, -0.1) is 0 Å². The molecule has 0 bridgehead atoms. The molecule has 2 aliphatic rings. The number of hydrogen-bond acceptors (Lipinski definition) is 4. The molecule has 2 saturated heterocycles. The minimum Gasteiger partial charge on any atom is -0.375 e. The zero-order valence-electron chi connectivity index (χ0n) is 14.0. The Kier molecular flexibility index (Phi) is 5.20. The minimum atomic E-state index is -0.0538. The number of nitrogens with one attached hydrogen (secondary N) is 2. The summed E-state index contributed by atoms with van der Waals surface area (Å²) in [5, 5.41) is 5.77. The highest BCUT2D eigenvalue weighted by Gasteiger charge is 2.21. The lowest BCUT2D eigenvalue weighted by Gasteiger charge is -2.31. The molecular formula is C17H24N4O3. The monoisotopic (exact) mass is 332 g/mol. The summed E-state index contributed by atoms with van der Waals surface area (Å²) >= 11 is 0. The van der Waals surface area contributed by atoms with Gasteiger partial charge in [-0.25, -0.2) is 4.79 Å². The zero-order chi connectivity index (χ0) is 16.9. The summed E-state index contributed by atoms with van der Waals surface area (Å²) in [5.74, 6) is 0.0531. The molecule has 0 aromatic heterocycles. The average Bonchev–Trinajstić information content (AvgIpc) is 2.60. The minimum absolute atomic E-state index is 0.0531. The summed E-state index contributed by atoms with van der Waals surface area (Å²) in [5.41, 5.74) is 2.07. The topological polar surface area (TPSA) is 73.9 Å². The number of urea groups is 1. The maximum absolute atomic E-state index is 12.2. The Bertz CT molecular complexity index is 590. The Hall–Kier alpha value is -2.28. The second-order valence-electron chi connectivity index (χ2n) is 6.22. The first-order chi connectivity index (χ1) is 11.6. The number of nitrogens with zero attached hydrogens (tertiary/aromatic N) is 2. The normalized spacial score (nSPS) is 21.4. The van der Waals surface area contributed by atoms with Crippen molar-refractivity contribution in [2.75, 3.05) is 44.2 Å².